The molecule has 0 bridgehead atoms. The fourth-order valence-corrected chi connectivity index (χ4v) is 1.82. The average molecular weight is 342 g/mol. The number of alkyl halides is 2. The molecule has 0 spiro atoms. The van der Waals surface area contributed by atoms with Gasteiger partial charge in [0.05, 0.1) is 5.69 Å². The van der Waals surface area contributed by atoms with Gasteiger partial charge < -0.3 is 0 Å². The zero-order chi connectivity index (χ0) is 14.7. The molecular formula is C13H10BrF2N3O. The Morgan fingerprint density at radius 3 is 2.45 bits per heavy atom. The van der Waals surface area contributed by atoms with Crippen molar-refractivity contribution < 1.29 is 13.6 Å². The summed E-state index contributed by atoms with van der Waals surface area (Å²) in [4.78, 5) is 18.7. The van der Waals surface area contributed by atoms with E-state index < -0.39 is 18.0 Å². The Balaban J connectivity index is 2.48. The zero-order valence-corrected chi connectivity index (χ0v) is 12.0. The van der Waals surface area contributed by atoms with E-state index in [1.807, 2.05) is 0 Å². The van der Waals surface area contributed by atoms with Crippen LogP contribution < -0.4 is 5.32 Å². The van der Waals surface area contributed by atoms with Crippen molar-refractivity contribution in [3.05, 3.63) is 40.5 Å². The molecule has 2 aromatic rings. The van der Waals surface area contributed by atoms with Gasteiger partial charge in [-0.2, -0.15) is 0 Å². The molecule has 1 N–H and O–H groups in total. The van der Waals surface area contributed by atoms with Crippen LogP contribution in [0.5, 0.6) is 0 Å². The van der Waals surface area contributed by atoms with Crippen molar-refractivity contribution in [1.29, 1.82) is 0 Å². The van der Waals surface area contributed by atoms with E-state index in [4.69, 9.17) is 0 Å². The Hall–Kier alpha value is -1.89. The van der Waals surface area contributed by atoms with E-state index in [2.05, 4.69) is 31.2 Å². The van der Waals surface area contributed by atoms with Crippen LogP contribution in [0.25, 0.3) is 11.3 Å². The van der Waals surface area contributed by atoms with E-state index in [9.17, 15) is 13.6 Å². The van der Waals surface area contributed by atoms with Gasteiger partial charge in [-0.05, 0) is 18.2 Å². The molecule has 0 atom stereocenters. The highest BCUT2D eigenvalue weighted by Crippen LogP contribution is 2.25. The van der Waals surface area contributed by atoms with Crippen LogP contribution in [-0.2, 0) is 4.79 Å². The number of aromatic nitrogens is 2. The normalized spacial score (nSPS) is 10.7. The molecule has 0 aliphatic carbocycles. The quantitative estimate of drug-likeness (QED) is 0.923. The summed E-state index contributed by atoms with van der Waals surface area (Å²) < 4.78 is 26.5. The van der Waals surface area contributed by atoms with Gasteiger partial charge in [0.1, 0.15) is 5.69 Å². The Labute approximate surface area is 122 Å². The van der Waals surface area contributed by atoms with Crippen molar-refractivity contribution in [3.8, 4) is 11.3 Å². The average Bonchev–Trinajstić information content (AvgIpc) is 2.38. The van der Waals surface area contributed by atoms with Crippen LogP contribution in [0.1, 0.15) is 19.0 Å². The third-order valence-corrected chi connectivity index (χ3v) is 2.93. The summed E-state index contributed by atoms with van der Waals surface area (Å²) in [7, 11) is 0. The van der Waals surface area contributed by atoms with Gasteiger partial charge in [-0.1, -0.05) is 28.1 Å². The summed E-state index contributed by atoms with van der Waals surface area (Å²) in [6.45, 7) is 1.26. The monoisotopic (exact) mass is 341 g/mol. The van der Waals surface area contributed by atoms with Gasteiger partial charge in [0.15, 0.2) is 0 Å². The summed E-state index contributed by atoms with van der Waals surface area (Å²) in [6, 6.07) is 8.23. The van der Waals surface area contributed by atoms with E-state index in [1.165, 1.54) is 13.0 Å². The molecule has 1 aromatic heterocycles. The van der Waals surface area contributed by atoms with Gasteiger partial charge in [-0.25, -0.2) is 18.7 Å². The molecular weight excluding hydrogens is 332 g/mol. The molecule has 20 heavy (non-hydrogen) atoms. The number of anilines is 1. The molecule has 0 radical (unpaired) electrons. The van der Waals surface area contributed by atoms with Gasteiger partial charge in [-0.15, -0.1) is 0 Å². The Kier molecular flexibility index (Phi) is 4.39. The Morgan fingerprint density at radius 1 is 1.25 bits per heavy atom. The number of amides is 1. The maximum Gasteiger partial charge on any atom is 0.280 e. The number of hydrogen-bond donors (Lipinski definition) is 1. The first-order valence-electron chi connectivity index (χ1n) is 5.66. The van der Waals surface area contributed by atoms with Crippen LogP contribution in [0.15, 0.2) is 34.8 Å². The summed E-state index contributed by atoms with van der Waals surface area (Å²) >= 11 is 3.29. The lowest BCUT2D eigenvalue weighted by atomic mass is 10.1. The van der Waals surface area contributed by atoms with Crippen molar-refractivity contribution in [2.24, 2.45) is 0 Å². The highest BCUT2D eigenvalue weighted by atomic mass is 79.9. The van der Waals surface area contributed by atoms with Gasteiger partial charge >= 0.3 is 0 Å². The van der Waals surface area contributed by atoms with Crippen LogP contribution in [0.4, 0.5) is 14.7 Å². The fraction of sp³-hybridized carbons (Fsp3) is 0.154. The summed E-state index contributed by atoms with van der Waals surface area (Å²) in [5.41, 5.74) is 0.553. The van der Waals surface area contributed by atoms with Crippen LogP contribution >= 0.6 is 15.9 Å². The lowest BCUT2D eigenvalue weighted by Gasteiger charge is -2.08. The molecule has 1 amide bonds. The van der Waals surface area contributed by atoms with E-state index >= 15 is 0 Å². The Bertz CT molecular complexity index is 632. The molecule has 0 aliphatic rings. The fourth-order valence-electron chi connectivity index (χ4n) is 1.56. The van der Waals surface area contributed by atoms with Crippen LogP contribution in [0.2, 0.25) is 0 Å². The first-order valence-corrected chi connectivity index (χ1v) is 6.45. The summed E-state index contributed by atoms with van der Waals surface area (Å²) in [5, 5.41) is 2.32. The highest BCUT2D eigenvalue weighted by molar-refractivity contribution is 9.10. The van der Waals surface area contributed by atoms with Crippen molar-refractivity contribution in [1.82, 2.24) is 9.97 Å². The van der Waals surface area contributed by atoms with Crippen LogP contribution in [-0.4, -0.2) is 15.9 Å². The van der Waals surface area contributed by atoms with Gasteiger partial charge in [0.2, 0.25) is 11.9 Å². The molecule has 4 nitrogen and oxygen atoms in total. The predicted molar refractivity (Wildman–Crippen MR) is 74.4 cm³/mol. The number of benzene rings is 1. The topological polar surface area (TPSA) is 54.9 Å². The number of rotatable bonds is 3. The highest BCUT2D eigenvalue weighted by Gasteiger charge is 2.14. The molecule has 0 unspecified atom stereocenters. The number of halogens is 3. The maximum atomic E-state index is 12.8. The number of hydrogen-bond acceptors (Lipinski definition) is 3. The lowest BCUT2D eigenvalue weighted by molar-refractivity contribution is -0.114. The number of carbonyl (C=O) groups is 1. The zero-order valence-electron chi connectivity index (χ0n) is 10.4. The van der Waals surface area contributed by atoms with Gasteiger partial charge in [0.25, 0.3) is 6.43 Å². The first-order chi connectivity index (χ1) is 9.45. The first kappa shape index (κ1) is 14.5. The van der Waals surface area contributed by atoms with Crippen molar-refractivity contribution in [2.75, 3.05) is 5.32 Å². The minimum atomic E-state index is -2.74. The van der Waals surface area contributed by atoms with Gasteiger partial charge in [0, 0.05) is 17.0 Å². The Morgan fingerprint density at radius 2 is 1.90 bits per heavy atom. The van der Waals surface area contributed by atoms with E-state index in [0.717, 1.165) is 4.47 Å². The third-order valence-electron chi connectivity index (χ3n) is 2.40. The smallest absolute Gasteiger partial charge is 0.280 e. The van der Waals surface area contributed by atoms with E-state index in [0.29, 0.717) is 11.3 Å². The minimum Gasteiger partial charge on any atom is -0.295 e. The lowest BCUT2D eigenvalue weighted by Crippen LogP contribution is -2.11. The molecule has 104 valence electrons. The molecule has 7 heteroatoms. The summed E-state index contributed by atoms with van der Waals surface area (Å²) in [6.07, 6.45) is -2.74. The SMILES string of the molecule is CC(=O)Nc1nc(-c2ccc(Br)cc2)cc(C(F)F)n1. The second-order valence-corrected chi connectivity index (χ2v) is 4.91. The third kappa shape index (κ3) is 3.57. The van der Waals surface area contributed by atoms with E-state index in [-0.39, 0.29) is 5.95 Å². The van der Waals surface area contributed by atoms with Gasteiger partial charge in [-0.3, -0.25) is 10.1 Å². The summed E-state index contributed by atoms with van der Waals surface area (Å²) in [5.74, 6) is -0.550. The predicted octanol–water partition coefficient (Wildman–Crippen LogP) is 3.80. The number of carbonyl (C=O) groups excluding carboxylic acids is 1. The van der Waals surface area contributed by atoms with Crippen molar-refractivity contribution in [2.45, 2.75) is 13.3 Å². The molecule has 0 saturated heterocycles. The minimum absolute atomic E-state index is 0.131. The molecule has 0 saturated carbocycles. The van der Waals surface area contributed by atoms with E-state index in [1.54, 1.807) is 24.3 Å². The van der Waals surface area contributed by atoms with Crippen molar-refractivity contribution in [3.63, 3.8) is 0 Å². The standard InChI is InChI=1S/C13H10BrF2N3O/c1-7(20)17-13-18-10(6-11(19-13)12(15)16)8-2-4-9(14)5-3-8/h2-6,12H,1H3,(H,17,18,19,20). The van der Waals surface area contributed by atoms with Crippen LogP contribution in [0, 0.1) is 0 Å². The molecule has 2 rings (SSSR count). The molecule has 0 aliphatic heterocycles. The van der Waals surface area contributed by atoms with Crippen LogP contribution in [0.3, 0.4) is 0 Å². The largest absolute Gasteiger partial charge is 0.295 e. The number of nitrogens with one attached hydrogen (secondary N) is 1. The molecule has 1 aromatic carbocycles. The molecule has 1 heterocycles. The molecule has 0 fully saturated rings. The van der Waals surface area contributed by atoms with Crippen molar-refractivity contribution >= 4 is 27.8 Å². The second-order valence-electron chi connectivity index (χ2n) is 3.99. The second kappa shape index (κ2) is 6.04. The number of nitrogens with zero attached hydrogens (tertiary/aromatic N) is 2. The maximum absolute atomic E-state index is 12.8.